The molecule has 27 heavy (non-hydrogen) atoms. The first kappa shape index (κ1) is 17.5. The first-order valence-corrected chi connectivity index (χ1v) is 8.98. The van der Waals surface area contributed by atoms with Gasteiger partial charge in [0.25, 0.3) is 0 Å². The standard InChI is InChI=1S/C18H22N6O3/c1-27-14-4-2-3-12-13(9-16(25)21-17(12)14)18(26)24-7-5-23(6-8-24)10-15-19-11-20-22-15/h2-4,11,13H,5-10H2,1H3,(H,21,25)(H,19,20,22). The minimum atomic E-state index is -0.468. The van der Waals surface area contributed by atoms with E-state index in [1.165, 1.54) is 6.33 Å². The highest BCUT2D eigenvalue weighted by Gasteiger charge is 2.35. The molecule has 4 rings (SSSR count). The van der Waals surface area contributed by atoms with Gasteiger partial charge < -0.3 is 15.0 Å². The van der Waals surface area contributed by atoms with Gasteiger partial charge in [0.2, 0.25) is 11.8 Å². The lowest BCUT2D eigenvalue weighted by Crippen LogP contribution is -2.50. The first-order valence-electron chi connectivity index (χ1n) is 8.98. The second kappa shape index (κ2) is 7.36. The van der Waals surface area contributed by atoms with Crippen molar-refractivity contribution in [3.63, 3.8) is 0 Å². The molecule has 2 aliphatic heterocycles. The van der Waals surface area contributed by atoms with Gasteiger partial charge in [0.1, 0.15) is 17.9 Å². The number of rotatable bonds is 4. The number of hydrogen-bond acceptors (Lipinski definition) is 6. The van der Waals surface area contributed by atoms with E-state index in [4.69, 9.17) is 4.74 Å². The fraction of sp³-hybridized carbons (Fsp3) is 0.444. The number of para-hydroxylation sites is 1. The molecule has 0 saturated carbocycles. The zero-order valence-corrected chi connectivity index (χ0v) is 15.1. The number of carbonyl (C=O) groups excluding carboxylic acids is 2. The number of H-pyrrole nitrogens is 1. The number of nitrogens with zero attached hydrogens (tertiary/aromatic N) is 4. The third-order valence-corrected chi connectivity index (χ3v) is 5.13. The lowest BCUT2D eigenvalue weighted by molar-refractivity contribution is -0.136. The van der Waals surface area contributed by atoms with Gasteiger partial charge in [0.15, 0.2) is 0 Å². The summed E-state index contributed by atoms with van der Waals surface area (Å²) >= 11 is 0. The maximum absolute atomic E-state index is 13.1. The highest BCUT2D eigenvalue weighted by Crippen LogP contribution is 2.39. The number of ether oxygens (including phenoxy) is 1. The fourth-order valence-electron chi connectivity index (χ4n) is 3.71. The molecule has 1 atom stereocenters. The molecule has 2 N–H and O–H groups in total. The van der Waals surface area contributed by atoms with Crippen LogP contribution in [0.1, 0.15) is 23.7 Å². The third-order valence-electron chi connectivity index (χ3n) is 5.13. The Hall–Kier alpha value is -2.94. The van der Waals surface area contributed by atoms with E-state index in [9.17, 15) is 9.59 Å². The molecule has 0 aliphatic carbocycles. The number of aromatic amines is 1. The quantitative estimate of drug-likeness (QED) is 0.816. The van der Waals surface area contributed by atoms with E-state index in [0.717, 1.165) is 24.5 Å². The minimum Gasteiger partial charge on any atom is -0.495 e. The van der Waals surface area contributed by atoms with Gasteiger partial charge in [-0.05, 0) is 11.6 Å². The SMILES string of the molecule is COc1cccc2c1NC(=O)CC2C(=O)N1CCN(Cc2ncn[nH]2)CC1. The summed E-state index contributed by atoms with van der Waals surface area (Å²) < 4.78 is 5.34. The summed E-state index contributed by atoms with van der Waals surface area (Å²) in [6, 6.07) is 5.53. The van der Waals surface area contributed by atoms with Gasteiger partial charge in [0.05, 0.1) is 25.3 Å². The van der Waals surface area contributed by atoms with Gasteiger partial charge in [-0.3, -0.25) is 19.6 Å². The summed E-state index contributed by atoms with van der Waals surface area (Å²) in [6.07, 6.45) is 1.66. The summed E-state index contributed by atoms with van der Waals surface area (Å²) in [5.41, 5.74) is 1.43. The van der Waals surface area contributed by atoms with Crippen LogP contribution in [0.3, 0.4) is 0 Å². The molecule has 1 fully saturated rings. The molecule has 0 spiro atoms. The number of carbonyl (C=O) groups is 2. The molecular formula is C18H22N6O3. The van der Waals surface area contributed by atoms with Gasteiger partial charge >= 0.3 is 0 Å². The molecule has 0 bridgehead atoms. The molecule has 1 aromatic carbocycles. The van der Waals surface area contributed by atoms with Gasteiger partial charge in [-0.25, -0.2) is 4.98 Å². The number of nitrogens with one attached hydrogen (secondary N) is 2. The van der Waals surface area contributed by atoms with Crippen LogP contribution in [-0.4, -0.2) is 70.1 Å². The van der Waals surface area contributed by atoms with E-state index in [2.05, 4.69) is 25.4 Å². The predicted octanol–water partition coefficient (Wildman–Crippen LogP) is 0.583. The molecule has 1 saturated heterocycles. The molecule has 9 nitrogen and oxygen atoms in total. The predicted molar refractivity (Wildman–Crippen MR) is 97.2 cm³/mol. The van der Waals surface area contributed by atoms with Crippen molar-refractivity contribution in [1.29, 1.82) is 0 Å². The van der Waals surface area contributed by atoms with Crippen molar-refractivity contribution in [2.75, 3.05) is 38.6 Å². The zero-order chi connectivity index (χ0) is 18.8. The Morgan fingerprint density at radius 1 is 1.30 bits per heavy atom. The lowest BCUT2D eigenvalue weighted by Gasteiger charge is -2.37. The number of piperazine rings is 1. The largest absolute Gasteiger partial charge is 0.495 e. The van der Waals surface area contributed by atoms with Crippen molar-refractivity contribution < 1.29 is 14.3 Å². The number of benzene rings is 1. The molecule has 142 valence electrons. The van der Waals surface area contributed by atoms with Crippen molar-refractivity contribution in [2.45, 2.75) is 18.9 Å². The molecule has 3 heterocycles. The number of aromatic nitrogens is 3. The fourth-order valence-corrected chi connectivity index (χ4v) is 3.71. The molecule has 2 aromatic rings. The Bertz CT molecular complexity index is 830. The van der Waals surface area contributed by atoms with E-state index in [1.807, 2.05) is 17.0 Å². The highest BCUT2D eigenvalue weighted by atomic mass is 16.5. The van der Waals surface area contributed by atoms with Crippen molar-refractivity contribution in [3.8, 4) is 5.75 Å². The number of fused-ring (bicyclic) bond motifs is 1. The molecule has 2 amide bonds. The molecule has 1 aromatic heterocycles. The van der Waals surface area contributed by atoms with E-state index in [1.54, 1.807) is 13.2 Å². The Kier molecular flexibility index (Phi) is 4.76. The summed E-state index contributed by atoms with van der Waals surface area (Å²) in [5, 5.41) is 9.56. The minimum absolute atomic E-state index is 0.00123. The smallest absolute Gasteiger partial charge is 0.230 e. The maximum Gasteiger partial charge on any atom is 0.230 e. The van der Waals surface area contributed by atoms with Gasteiger partial charge in [-0.2, -0.15) is 5.10 Å². The third kappa shape index (κ3) is 3.50. The Balaban J connectivity index is 1.45. The topological polar surface area (TPSA) is 103 Å². The Morgan fingerprint density at radius 2 is 2.11 bits per heavy atom. The van der Waals surface area contributed by atoms with E-state index in [0.29, 0.717) is 31.1 Å². The van der Waals surface area contributed by atoms with Crippen LogP contribution < -0.4 is 10.1 Å². The Morgan fingerprint density at radius 3 is 2.81 bits per heavy atom. The van der Waals surface area contributed by atoms with Crippen LogP contribution in [0.25, 0.3) is 0 Å². The summed E-state index contributed by atoms with van der Waals surface area (Å²) in [7, 11) is 1.56. The van der Waals surface area contributed by atoms with E-state index in [-0.39, 0.29) is 18.2 Å². The zero-order valence-electron chi connectivity index (χ0n) is 15.1. The van der Waals surface area contributed by atoms with E-state index >= 15 is 0 Å². The monoisotopic (exact) mass is 370 g/mol. The Labute approximate surface area is 156 Å². The number of amides is 2. The van der Waals surface area contributed by atoms with Crippen LogP contribution in [0.2, 0.25) is 0 Å². The number of methoxy groups -OCH3 is 1. The number of anilines is 1. The van der Waals surface area contributed by atoms with Crippen molar-refractivity contribution >= 4 is 17.5 Å². The molecule has 2 aliphatic rings. The van der Waals surface area contributed by atoms with E-state index < -0.39 is 5.92 Å². The molecule has 1 unspecified atom stereocenters. The summed E-state index contributed by atoms with van der Waals surface area (Å²) in [5.74, 6) is 0.771. The van der Waals surface area contributed by atoms with Crippen LogP contribution in [0.5, 0.6) is 5.75 Å². The summed E-state index contributed by atoms with van der Waals surface area (Å²) in [6.45, 7) is 3.47. The summed E-state index contributed by atoms with van der Waals surface area (Å²) in [4.78, 5) is 33.5. The van der Waals surface area contributed by atoms with Gasteiger partial charge in [0, 0.05) is 32.6 Å². The lowest BCUT2D eigenvalue weighted by atomic mass is 9.88. The second-order valence-electron chi connectivity index (χ2n) is 6.76. The van der Waals surface area contributed by atoms with Crippen molar-refractivity contribution in [1.82, 2.24) is 25.0 Å². The van der Waals surface area contributed by atoms with Crippen molar-refractivity contribution in [3.05, 3.63) is 35.9 Å². The van der Waals surface area contributed by atoms with Crippen LogP contribution in [0.4, 0.5) is 5.69 Å². The molecular weight excluding hydrogens is 348 g/mol. The van der Waals surface area contributed by atoms with Crippen LogP contribution in [-0.2, 0) is 16.1 Å². The first-order chi connectivity index (χ1) is 13.2. The van der Waals surface area contributed by atoms with Gasteiger partial charge in [-0.15, -0.1) is 0 Å². The normalized spacial score (nSPS) is 20.1. The average molecular weight is 370 g/mol. The van der Waals surface area contributed by atoms with Crippen LogP contribution >= 0.6 is 0 Å². The average Bonchev–Trinajstić information content (AvgIpc) is 3.20. The molecule has 9 heteroatoms. The second-order valence-corrected chi connectivity index (χ2v) is 6.76. The highest BCUT2D eigenvalue weighted by molar-refractivity contribution is 6.02. The maximum atomic E-state index is 13.1. The van der Waals surface area contributed by atoms with Crippen LogP contribution in [0.15, 0.2) is 24.5 Å². The number of hydrogen-bond donors (Lipinski definition) is 2. The molecule has 0 radical (unpaired) electrons. The van der Waals surface area contributed by atoms with Crippen LogP contribution in [0, 0.1) is 0 Å². The van der Waals surface area contributed by atoms with Gasteiger partial charge in [-0.1, -0.05) is 12.1 Å². The van der Waals surface area contributed by atoms with Crippen molar-refractivity contribution in [2.24, 2.45) is 0 Å².